The topological polar surface area (TPSA) is 54.9 Å². The Balaban J connectivity index is 0.00000441. The third kappa shape index (κ3) is 7.02. The molecule has 0 aliphatic heterocycles. The minimum absolute atomic E-state index is 0. The first kappa shape index (κ1) is 20.6. The van der Waals surface area contributed by atoms with Crippen LogP contribution >= 0.6 is 24.0 Å². The van der Waals surface area contributed by atoms with E-state index in [2.05, 4.69) is 28.3 Å². The number of hydrogen-bond donors (Lipinski definition) is 2. The van der Waals surface area contributed by atoms with E-state index < -0.39 is 0 Å². The van der Waals surface area contributed by atoms with E-state index in [9.17, 15) is 0 Å². The van der Waals surface area contributed by atoms with Crippen LogP contribution < -0.4 is 20.1 Å². The molecule has 0 heterocycles. The number of aliphatic imine (C=N–C) groups is 1. The van der Waals surface area contributed by atoms with Crippen molar-refractivity contribution in [2.24, 2.45) is 4.99 Å². The monoisotopic (exact) mass is 419 g/mol. The van der Waals surface area contributed by atoms with Crippen LogP contribution in [0.4, 0.5) is 0 Å². The Morgan fingerprint density at radius 2 is 1.95 bits per heavy atom. The summed E-state index contributed by atoms with van der Waals surface area (Å²) in [6, 6.07) is 6.02. The maximum Gasteiger partial charge on any atom is 0.191 e. The van der Waals surface area contributed by atoms with Gasteiger partial charge in [0.05, 0.1) is 14.2 Å². The van der Waals surface area contributed by atoms with Gasteiger partial charge in [0.15, 0.2) is 17.5 Å². The van der Waals surface area contributed by atoms with Gasteiger partial charge < -0.3 is 20.1 Å². The molecule has 0 saturated heterocycles. The zero-order chi connectivity index (χ0) is 15.5. The highest BCUT2D eigenvalue weighted by atomic mass is 127. The summed E-state index contributed by atoms with van der Waals surface area (Å²) < 4.78 is 10.5. The fraction of sp³-hybridized carbons (Fsp3) is 0.438. The van der Waals surface area contributed by atoms with Crippen molar-refractivity contribution >= 4 is 29.9 Å². The van der Waals surface area contributed by atoms with Crippen LogP contribution in [0.15, 0.2) is 35.8 Å². The second-order valence-electron chi connectivity index (χ2n) is 4.46. The molecule has 0 bridgehead atoms. The van der Waals surface area contributed by atoms with Gasteiger partial charge in [0, 0.05) is 20.1 Å². The third-order valence-corrected chi connectivity index (χ3v) is 3.02. The smallest absolute Gasteiger partial charge is 0.191 e. The van der Waals surface area contributed by atoms with E-state index in [-0.39, 0.29) is 24.0 Å². The van der Waals surface area contributed by atoms with Crippen LogP contribution in [0.1, 0.15) is 12.0 Å². The zero-order valence-electron chi connectivity index (χ0n) is 13.5. The van der Waals surface area contributed by atoms with Crippen molar-refractivity contribution in [2.45, 2.75) is 12.8 Å². The summed E-state index contributed by atoms with van der Waals surface area (Å²) in [7, 11) is 5.05. The van der Waals surface area contributed by atoms with Crippen molar-refractivity contribution < 1.29 is 9.47 Å². The maximum absolute atomic E-state index is 5.30. The fourth-order valence-electron chi connectivity index (χ4n) is 1.92. The molecule has 0 atom stereocenters. The molecule has 0 fully saturated rings. The van der Waals surface area contributed by atoms with E-state index in [0.717, 1.165) is 36.8 Å². The molecule has 0 saturated carbocycles. The number of rotatable bonds is 8. The Bertz CT molecular complexity index is 478. The standard InChI is InChI=1S/C16H25N3O2.HI/c1-5-10-18-16(17-2)19-11-6-7-13-8-9-14(20-3)15(12-13)21-4;/h5,8-9,12H,1,6-7,10-11H2,2-4H3,(H2,17,18,19);1H. The summed E-state index contributed by atoms with van der Waals surface area (Å²) in [4.78, 5) is 4.13. The summed E-state index contributed by atoms with van der Waals surface area (Å²) in [5.74, 6) is 2.32. The van der Waals surface area contributed by atoms with Crippen LogP contribution in [-0.2, 0) is 6.42 Å². The fourth-order valence-corrected chi connectivity index (χ4v) is 1.92. The van der Waals surface area contributed by atoms with Crippen molar-refractivity contribution in [3.63, 3.8) is 0 Å². The summed E-state index contributed by atoms with van der Waals surface area (Å²) in [6.07, 6.45) is 3.77. The quantitative estimate of drug-likeness (QED) is 0.224. The molecule has 0 aliphatic rings. The van der Waals surface area contributed by atoms with Crippen LogP contribution in [0, 0.1) is 0 Å². The highest BCUT2D eigenvalue weighted by Crippen LogP contribution is 2.27. The van der Waals surface area contributed by atoms with Gasteiger partial charge in [-0.3, -0.25) is 4.99 Å². The number of aryl methyl sites for hydroxylation is 1. The highest BCUT2D eigenvalue weighted by molar-refractivity contribution is 14.0. The van der Waals surface area contributed by atoms with Crippen LogP contribution in [0.3, 0.4) is 0 Å². The number of hydrogen-bond acceptors (Lipinski definition) is 3. The largest absolute Gasteiger partial charge is 0.493 e. The van der Waals surface area contributed by atoms with Crippen molar-refractivity contribution in [1.29, 1.82) is 0 Å². The molecule has 6 heteroatoms. The Hall–Kier alpha value is -1.44. The molecule has 0 spiro atoms. The average molecular weight is 419 g/mol. The first-order valence-electron chi connectivity index (χ1n) is 7.01. The van der Waals surface area contributed by atoms with Gasteiger partial charge in [0.1, 0.15) is 0 Å². The summed E-state index contributed by atoms with van der Waals surface area (Å²) in [5, 5.41) is 6.40. The lowest BCUT2D eigenvalue weighted by Gasteiger charge is -2.11. The summed E-state index contributed by atoms with van der Waals surface area (Å²) in [5.41, 5.74) is 1.23. The molecule has 1 rings (SSSR count). The molecule has 2 N–H and O–H groups in total. The van der Waals surface area contributed by atoms with Crippen LogP contribution in [0.2, 0.25) is 0 Å². The molecule has 5 nitrogen and oxygen atoms in total. The Morgan fingerprint density at radius 1 is 1.23 bits per heavy atom. The van der Waals surface area contributed by atoms with Crippen molar-refractivity contribution in [3.8, 4) is 11.5 Å². The molecule has 22 heavy (non-hydrogen) atoms. The van der Waals surface area contributed by atoms with Crippen LogP contribution in [0.5, 0.6) is 11.5 Å². The van der Waals surface area contributed by atoms with Gasteiger partial charge >= 0.3 is 0 Å². The first-order valence-corrected chi connectivity index (χ1v) is 7.01. The molecule has 0 radical (unpaired) electrons. The number of benzene rings is 1. The van der Waals surface area contributed by atoms with Crippen molar-refractivity contribution in [1.82, 2.24) is 10.6 Å². The molecular formula is C16H26IN3O2. The number of ether oxygens (including phenoxy) is 2. The number of nitrogens with zero attached hydrogens (tertiary/aromatic N) is 1. The Kier molecular flexibility index (Phi) is 11.3. The predicted octanol–water partition coefficient (Wildman–Crippen LogP) is 2.61. The molecule has 124 valence electrons. The van der Waals surface area contributed by atoms with Gasteiger partial charge in [-0.05, 0) is 30.5 Å². The molecule has 1 aromatic carbocycles. The molecule has 1 aromatic rings. The van der Waals surface area contributed by atoms with E-state index in [4.69, 9.17) is 9.47 Å². The molecule has 0 aromatic heterocycles. The average Bonchev–Trinajstić information content (AvgIpc) is 2.53. The first-order chi connectivity index (χ1) is 10.2. The van der Waals surface area contributed by atoms with Gasteiger partial charge in [0.2, 0.25) is 0 Å². The predicted molar refractivity (Wildman–Crippen MR) is 103 cm³/mol. The number of methoxy groups -OCH3 is 2. The molecule has 0 aliphatic carbocycles. The third-order valence-electron chi connectivity index (χ3n) is 3.02. The van der Waals surface area contributed by atoms with E-state index in [1.807, 2.05) is 12.1 Å². The second kappa shape index (κ2) is 12.1. The van der Waals surface area contributed by atoms with E-state index in [1.165, 1.54) is 5.56 Å². The van der Waals surface area contributed by atoms with E-state index in [1.54, 1.807) is 27.3 Å². The lowest BCUT2D eigenvalue weighted by molar-refractivity contribution is 0.354. The number of halogens is 1. The lowest BCUT2D eigenvalue weighted by atomic mass is 10.1. The van der Waals surface area contributed by atoms with Crippen molar-refractivity contribution in [3.05, 3.63) is 36.4 Å². The number of nitrogens with one attached hydrogen (secondary N) is 2. The van der Waals surface area contributed by atoms with Gasteiger partial charge in [-0.25, -0.2) is 0 Å². The molecule has 0 amide bonds. The normalized spacial score (nSPS) is 10.4. The second-order valence-corrected chi connectivity index (χ2v) is 4.46. The maximum atomic E-state index is 5.30. The minimum atomic E-state index is 0. The SMILES string of the molecule is C=CCNC(=NC)NCCCc1ccc(OC)c(OC)c1.I. The van der Waals surface area contributed by atoms with Gasteiger partial charge in [-0.1, -0.05) is 12.1 Å². The molecule has 0 unspecified atom stereocenters. The summed E-state index contributed by atoms with van der Waals surface area (Å²) >= 11 is 0. The minimum Gasteiger partial charge on any atom is -0.493 e. The van der Waals surface area contributed by atoms with Crippen LogP contribution in [-0.4, -0.2) is 40.3 Å². The summed E-state index contributed by atoms with van der Waals surface area (Å²) in [6.45, 7) is 5.22. The lowest BCUT2D eigenvalue weighted by Crippen LogP contribution is -2.37. The Morgan fingerprint density at radius 3 is 2.55 bits per heavy atom. The van der Waals surface area contributed by atoms with Crippen LogP contribution in [0.25, 0.3) is 0 Å². The number of guanidine groups is 1. The zero-order valence-corrected chi connectivity index (χ0v) is 15.8. The van der Waals surface area contributed by atoms with E-state index >= 15 is 0 Å². The van der Waals surface area contributed by atoms with Crippen molar-refractivity contribution in [2.75, 3.05) is 34.4 Å². The van der Waals surface area contributed by atoms with Gasteiger partial charge in [-0.15, -0.1) is 30.6 Å². The van der Waals surface area contributed by atoms with Gasteiger partial charge in [-0.2, -0.15) is 0 Å². The highest BCUT2D eigenvalue weighted by Gasteiger charge is 2.04. The Labute approximate surface area is 150 Å². The molecular weight excluding hydrogens is 393 g/mol. The van der Waals surface area contributed by atoms with E-state index in [0.29, 0.717) is 6.54 Å². The van der Waals surface area contributed by atoms with Gasteiger partial charge in [0.25, 0.3) is 0 Å².